The van der Waals surface area contributed by atoms with E-state index >= 15 is 0 Å². The summed E-state index contributed by atoms with van der Waals surface area (Å²) in [6, 6.07) is 0. The summed E-state index contributed by atoms with van der Waals surface area (Å²) in [5, 5.41) is 14.2. The SMILES string of the molecule is Cc1nn(C(C)(C)C)c(C)c1C1C=CC(O)C1. The van der Waals surface area contributed by atoms with E-state index in [4.69, 9.17) is 0 Å². The predicted octanol–water partition coefficient (Wildman–Crippen LogP) is 2.66. The highest BCUT2D eigenvalue weighted by Crippen LogP contribution is 2.34. The Morgan fingerprint density at radius 2 is 1.94 bits per heavy atom. The van der Waals surface area contributed by atoms with Gasteiger partial charge in [0.2, 0.25) is 0 Å². The lowest BCUT2D eigenvalue weighted by atomic mass is 9.96. The summed E-state index contributed by atoms with van der Waals surface area (Å²) in [6.07, 6.45) is 4.49. The first-order valence-corrected chi connectivity index (χ1v) is 6.23. The van der Waals surface area contributed by atoms with Gasteiger partial charge in [-0.3, -0.25) is 4.68 Å². The molecule has 17 heavy (non-hydrogen) atoms. The van der Waals surface area contributed by atoms with Gasteiger partial charge in [0, 0.05) is 17.2 Å². The van der Waals surface area contributed by atoms with Gasteiger partial charge in [-0.05, 0) is 41.0 Å². The summed E-state index contributed by atoms with van der Waals surface area (Å²) >= 11 is 0. The Bertz CT molecular complexity index is 452. The molecule has 1 aromatic rings. The van der Waals surface area contributed by atoms with Gasteiger partial charge in [-0.2, -0.15) is 5.10 Å². The number of aliphatic hydroxyl groups excluding tert-OH is 1. The molecule has 0 saturated heterocycles. The number of nitrogens with zero attached hydrogens (tertiary/aromatic N) is 2. The van der Waals surface area contributed by atoms with Crippen LogP contribution in [-0.2, 0) is 5.54 Å². The third-order valence-electron chi connectivity index (χ3n) is 3.41. The second-order valence-corrected chi connectivity index (χ2v) is 5.96. The predicted molar refractivity (Wildman–Crippen MR) is 69.2 cm³/mol. The van der Waals surface area contributed by atoms with E-state index in [2.05, 4.69) is 50.5 Å². The minimum absolute atomic E-state index is 0.00796. The maximum atomic E-state index is 9.60. The van der Waals surface area contributed by atoms with Crippen molar-refractivity contribution in [1.29, 1.82) is 0 Å². The third kappa shape index (κ3) is 2.16. The minimum Gasteiger partial charge on any atom is -0.389 e. The van der Waals surface area contributed by atoms with E-state index < -0.39 is 0 Å². The highest BCUT2D eigenvalue weighted by Gasteiger charge is 2.27. The number of hydrogen-bond donors (Lipinski definition) is 1. The van der Waals surface area contributed by atoms with Crippen LogP contribution in [0.25, 0.3) is 0 Å². The quantitative estimate of drug-likeness (QED) is 0.759. The molecule has 0 saturated carbocycles. The number of aliphatic hydroxyl groups is 1. The van der Waals surface area contributed by atoms with Gasteiger partial charge in [-0.25, -0.2) is 0 Å². The summed E-state index contributed by atoms with van der Waals surface area (Å²) in [5.74, 6) is 0.320. The molecule has 0 amide bonds. The van der Waals surface area contributed by atoms with E-state index in [1.165, 1.54) is 11.3 Å². The molecule has 1 aliphatic carbocycles. The smallest absolute Gasteiger partial charge is 0.0730 e. The normalized spacial score (nSPS) is 24.6. The number of allylic oxidation sites excluding steroid dienone is 1. The molecule has 1 heterocycles. The molecule has 2 rings (SSSR count). The zero-order valence-corrected chi connectivity index (χ0v) is 11.4. The van der Waals surface area contributed by atoms with Crippen LogP contribution in [-0.4, -0.2) is 21.0 Å². The van der Waals surface area contributed by atoms with Gasteiger partial charge in [0.25, 0.3) is 0 Å². The van der Waals surface area contributed by atoms with E-state index in [1.54, 1.807) is 0 Å². The highest BCUT2D eigenvalue weighted by atomic mass is 16.3. The number of aromatic nitrogens is 2. The number of hydrogen-bond acceptors (Lipinski definition) is 2. The molecule has 2 unspecified atom stereocenters. The lowest BCUT2D eigenvalue weighted by Crippen LogP contribution is -2.24. The van der Waals surface area contributed by atoms with Gasteiger partial charge in [-0.15, -0.1) is 0 Å². The lowest BCUT2D eigenvalue weighted by molar-refractivity contribution is 0.218. The maximum absolute atomic E-state index is 9.60. The fraction of sp³-hybridized carbons (Fsp3) is 0.643. The fourth-order valence-corrected chi connectivity index (χ4v) is 2.74. The topological polar surface area (TPSA) is 38.0 Å². The van der Waals surface area contributed by atoms with Crippen molar-refractivity contribution in [2.45, 2.75) is 58.6 Å². The summed E-state index contributed by atoms with van der Waals surface area (Å²) in [5.41, 5.74) is 3.60. The Kier molecular flexibility index (Phi) is 2.90. The van der Waals surface area contributed by atoms with Crippen LogP contribution in [0.3, 0.4) is 0 Å². The Balaban J connectivity index is 2.43. The molecular weight excluding hydrogens is 212 g/mol. The molecule has 0 aromatic carbocycles. The number of rotatable bonds is 1. The van der Waals surface area contributed by atoms with Crippen LogP contribution in [0.15, 0.2) is 12.2 Å². The molecule has 94 valence electrons. The van der Waals surface area contributed by atoms with Crippen LogP contribution in [0.4, 0.5) is 0 Å². The van der Waals surface area contributed by atoms with Crippen LogP contribution in [0, 0.1) is 13.8 Å². The fourth-order valence-electron chi connectivity index (χ4n) is 2.74. The maximum Gasteiger partial charge on any atom is 0.0730 e. The standard InChI is InChI=1S/C14H22N2O/c1-9-13(11-6-7-12(17)8-11)10(2)16(15-9)14(3,4)5/h6-7,11-12,17H,8H2,1-5H3. The molecule has 1 aliphatic rings. The average molecular weight is 234 g/mol. The first-order chi connectivity index (χ1) is 7.80. The van der Waals surface area contributed by atoms with Gasteiger partial charge >= 0.3 is 0 Å². The molecule has 3 nitrogen and oxygen atoms in total. The van der Waals surface area contributed by atoms with E-state index in [1.807, 2.05) is 6.08 Å². The van der Waals surface area contributed by atoms with E-state index in [-0.39, 0.29) is 11.6 Å². The Morgan fingerprint density at radius 1 is 1.29 bits per heavy atom. The van der Waals surface area contributed by atoms with Crippen LogP contribution in [0.1, 0.15) is 50.1 Å². The highest BCUT2D eigenvalue weighted by molar-refractivity contribution is 5.35. The Labute approximate surface area is 103 Å². The van der Waals surface area contributed by atoms with E-state index in [9.17, 15) is 5.11 Å². The monoisotopic (exact) mass is 234 g/mol. The van der Waals surface area contributed by atoms with Crippen molar-refractivity contribution in [3.63, 3.8) is 0 Å². The van der Waals surface area contributed by atoms with Gasteiger partial charge in [0.15, 0.2) is 0 Å². The molecule has 0 bridgehead atoms. The molecule has 0 radical (unpaired) electrons. The van der Waals surface area contributed by atoms with Crippen LogP contribution >= 0.6 is 0 Å². The molecule has 1 aromatic heterocycles. The Hall–Kier alpha value is -1.09. The summed E-state index contributed by atoms with van der Waals surface area (Å²) < 4.78 is 2.09. The van der Waals surface area contributed by atoms with Crippen molar-refractivity contribution in [2.75, 3.05) is 0 Å². The largest absolute Gasteiger partial charge is 0.389 e. The zero-order valence-electron chi connectivity index (χ0n) is 11.4. The van der Waals surface area contributed by atoms with Gasteiger partial charge in [0.05, 0.1) is 17.3 Å². The van der Waals surface area contributed by atoms with Gasteiger partial charge in [-0.1, -0.05) is 12.2 Å². The van der Waals surface area contributed by atoms with E-state index in [0.717, 1.165) is 12.1 Å². The molecule has 0 spiro atoms. The van der Waals surface area contributed by atoms with E-state index in [0.29, 0.717) is 5.92 Å². The first kappa shape index (κ1) is 12.4. The number of aryl methyl sites for hydroxylation is 1. The molecule has 2 atom stereocenters. The summed E-state index contributed by atoms with van der Waals surface area (Å²) in [6.45, 7) is 10.7. The van der Waals surface area contributed by atoms with Crippen molar-refractivity contribution in [3.05, 3.63) is 29.1 Å². The summed E-state index contributed by atoms with van der Waals surface area (Å²) in [7, 11) is 0. The molecule has 3 heteroatoms. The minimum atomic E-state index is -0.295. The van der Waals surface area contributed by atoms with Crippen LogP contribution in [0.5, 0.6) is 0 Å². The van der Waals surface area contributed by atoms with Crippen LogP contribution < -0.4 is 0 Å². The Morgan fingerprint density at radius 3 is 2.35 bits per heavy atom. The van der Waals surface area contributed by atoms with Crippen molar-refractivity contribution >= 4 is 0 Å². The molecule has 1 N–H and O–H groups in total. The molecule has 0 fully saturated rings. The van der Waals surface area contributed by atoms with Crippen molar-refractivity contribution in [1.82, 2.24) is 9.78 Å². The lowest BCUT2D eigenvalue weighted by Gasteiger charge is -2.22. The van der Waals surface area contributed by atoms with Gasteiger partial charge < -0.3 is 5.11 Å². The molecular formula is C14H22N2O. The van der Waals surface area contributed by atoms with Crippen molar-refractivity contribution in [2.24, 2.45) is 0 Å². The van der Waals surface area contributed by atoms with Crippen molar-refractivity contribution < 1.29 is 5.11 Å². The second-order valence-electron chi connectivity index (χ2n) is 5.96. The zero-order chi connectivity index (χ0) is 12.8. The summed E-state index contributed by atoms with van der Waals surface area (Å²) in [4.78, 5) is 0. The second kappa shape index (κ2) is 3.98. The molecule has 0 aliphatic heterocycles. The van der Waals surface area contributed by atoms with Crippen LogP contribution in [0.2, 0.25) is 0 Å². The third-order valence-corrected chi connectivity index (χ3v) is 3.41. The first-order valence-electron chi connectivity index (χ1n) is 6.23. The van der Waals surface area contributed by atoms with Gasteiger partial charge in [0.1, 0.15) is 0 Å². The van der Waals surface area contributed by atoms with Crippen molar-refractivity contribution in [3.8, 4) is 0 Å². The average Bonchev–Trinajstić information content (AvgIpc) is 2.70.